The number of rotatable bonds is 3. The van der Waals surface area contributed by atoms with Crippen LogP contribution in [-0.2, 0) is 6.54 Å². The standard InChI is InChI=1S/C13H10BrF2NOS/c1-17(6-8-4-12(14)19-7-8)13(18)10-3-2-9(15)5-11(10)16/h2-5,7H,6H2,1H3. The number of nitrogens with zero attached hydrogens (tertiary/aromatic N) is 1. The van der Waals surface area contributed by atoms with Crippen LogP contribution in [0.15, 0.2) is 33.4 Å². The average Bonchev–Trinajstić information content (AvgIpc) is 2.74. The normalized spacial score (nSPS) is 10.5. The summed E-state index contributed by atoms with van der Waals surface area (Å²) in [5, 5.41) is 1.91. The molecule has 2 rings (SSSR count). The Labute approximate surface area is 121 Å². The predicted molar refractivity (Wildman–Crippen MR) is 74.2 cm³/mol. The maximum Gasteiger partial charge on any atom is 0.256 e. The molecule has 0 fully saturated rings. The average molecular weight is 346 g/mol. The maximum atomic E-state index is 13.5. The van der Waals surface area contributed by atoms with E-state index in [1.165, 1.54) is 16.2 Å². The Kier molecular flexibility index (Phi) is 4.31. The van der Waals surface area contributed by atoms with Crippen LogP contribution < -0.4 is 0 Å². The third-order valence-electron chi connectivity index (χ3n) is 2.55. The van der Waals surface area contributed by atoms with Gasteiger partial charge in [0.2, 0.25) is 0 Å². The van der Waals surface area contributed by atoms with E-state index in [1.54, 1.807) is 7.05 Å². The SMILES string of the molecule is CN(Cc1csc(Br)c1)C(=O)c1ccc(F)cc1F. The van der Waals surface area contributed by atoms with Crippen LogP contribution in [0.3, 0.4) is 0 Å². The number of halogens is 3. The van der Waals surface area contributed by atoms with E-state index in [9.17, 15) is 13.6 Å². The van der Waals surface area contributed by atoms with E-state index in [0.717, 1.165) is 21.5 Å². The molecule has 0 aliphatic heterocycles. The van der Waals surface area contributed by atoms with Gasteiger partial charge in [0.05, 0.1) is 9.35 Å². The zero-order valence-corrected chi connectivity index (χ0v) is 12.4. The van der Waals surface area contributed by atoms with Gasteiger partial charge in [-0.15, -0.1) is 11.3 Å². The Morgan fingerprint density at radius 2 is 2.11 bits per heavy atom. The van der Waals surface area contributed by atoms with E-state index in [-0.39, 0.29) is 5.56 Å². The second-order valence-electron chi connectivity index (χ2n) is 4.04. The van der Waals surface area contributed by atoms with Crippen LogP contribution in [0.4, 0.5) is 8.78 Å². The van der Waals surface area contributed by atoms with Gasteiger partial charge in [-0.25, -0.2) is 8.78 Å². The highest BCUT2D eigenvalue weighted by Crippen LogP contribution is 2.22. The minimum Gasteiger partial charge on any atom is -0.337 e. The summed E-state index contributed by atoms with van der Waals surface area (Å²) in [5.41, 5.74) is 0.827. The summed E-state index contributed by atoms with van der Waals surface area (Å²) in [5.74, 6) is -2.01. The zero-order valence-electron chi connectivity index (χ0n) is 9.99. The number of amides is 1. The molecule has 100 valence electrons. The molecule has 0 spiro atoms. The van der Waals surface area contributed by atoms with Crippen molar-refractivity contribution in [3.8, 4) is 0 Å². The van der Waals surface area contributed by atoms with Crippen molar-refractivity contribution >= 4 is 33.2 Å². The summed E-state index contributed by atoms with van der Waals surface area (Å²) in [6.45, 7) is 0.373. The Balaban J connectivity index is 2.14. The minimum absolute atomic E-state index is 0.127. The zero-order chi connectivity index (χ0) is 14.0. The lowest BCUT2D eigenvalue weighted by atomic mass is 10.1. The third kappa shape index (κ3) is 3.39. The molecule has 0 aliphatic rings. The molecule has 0 atom stereocenters. The molecular weight excluding hydrogens is 336 g/mol. The number of hydrogen-bond acceptors (Lipinski definition) is 2. The molecule has 0 saturated heterocycles. The number of benzene rings is 1. The maximum absolute atomic E-state index is 13.5. The molecule has 2 aromatic rings. The summed E-state index contributed by atoms with van der Waals surface area (Å²) in [6, 6.07) is 4.84. The summed E-state index contributed by atoms with van der Waals surface area (Å²) < 4.78 is 27.3. The monoisotopic (exact) mass is 345 g/mol. The fraction of sp³-hybridized carbons (Fsp3) is 0.154. The van der Waals surface area contributed by atoms with E-state index in [0.29, 0.717) is 12.6 Å². The molecule has 0 radical (unpaired) electrons. The highest BCUT2D eigenvalue weighted by Gasteiger charge is 2.17. The molecular formula is C13H10BrF2NOS. The largest absolute Gasteiger partial charge is 0.337 e. The van der Waals surface area contributed by atoms with Crippen LogP contribution in [0.2, 0.25) is 0 Å². The van der Waals surface area contributed by atoms with Crippen molar-refractivity contribution in [3.05, 3.63) is 56.2 Å². The van der Waals surface area contributed by atoms with E-state index in [1.807, 2.05) is 11.4 Å². The van der Waals surface area contributed by atoms with Crippen LogP contribution in [-0.4, -0.2) is 17.9 Å². The molecule has 1 heterocycles. The second-order valence-corrected chi connectivity index (χ2v) is 6.33. The molecule has 1 aromatic heterocycles. The number of carbonyl (C=O) groups is 1. The summed E-state index contributed by atoms with van der Waals surface area (Å²) in [7, 11) is 1.58. The Bertz CT molecular complexity index is 614. The van der Waals surface area contributed by atoms with Crippen LogP contribution in [0.5, 0.6) is 0 Å². The molecule has 6 heteroatoms. The first-order valence-corrected chi connectivity index (χ1v) is 7.08. The van der Waals surface area contributed by atoms with Gasteiger partial charge in [-0.3, -0.25) is 4.79 Å². The van der Waals surface area contributed by atoms with Crippen molar-refractivity contribution in [2.75, 3.05) is 7.05 Å². The molecule has 0 saturated carbocycles. The van der Waals surface area contributed by atoms with Crippen LogP contribution in [0.1, 0.15) is 15.9 Å². The molecule has 0 N–H and O–H groups in total. The molecule has 2 nitrogen and oxygen atoms in total. The summed E-state index contributed by atoms with van der Waals surface area (Å²) in [4.78, 5) is 13.4. The van der Waals surface area contributed by atoms with Crippen molar-refractivity contribution in [1.29, 1.82) is 0 Å². The molecule has 0 unspecified atom stereocenters. The number of carbonyl (C=O) groups excluding carboxylic acids is 1. The molecule has 0 aliphatic carbocycles. The first-order chi connectivity index (χ1) is 8.97. The van der Waals surface area contributed by atoms with E-state index < -0.39 is 17.5 Å². The lowest BCUT2D eigenvalue weighted by molar-refractivity contribution is 0.0780. The van der Waals surface area contributed by atoms with E-state index in [2.05, 4.69) is 15.9 Å². The molecule has 1 aromatic carbocycles. The van der Waals surface area contributed by atoms with Crippen molar-refractivity contribution in [2.24, 2.45) is 0 Å². The summed E-state index contributed by atoms with van der Waals surface area (Å²) >= 11 is 4.85. The van der Waals surface area contributed by atoms with Crippen molar-refractivity contribution < 1.29 is 13.6 Å². The van der Waals surface area contributed by atoms with Crippen molar-refractivity contribution in [2.45, 2.75) is 6.54 Å². The van der Waals surface area contributed by atoms with Gasteiger partial charge in [0, 0.05) is 19.7 Å². The fourth-order valence-corrected chi connectivity index (χ4v) is 2.84. The number of hydrogen-bond donors (Lipinski definition) is 0. The molecule has 0 bridgehead atoms. The van der Waals surface area contributed by atoms with Crippen molar-refractivity contribution in [1.82, 2.24) is 4.90 Å². The van der Waals surface area contributed by atoms with Gasteiger partial charge in [0.25, 0.3) is 5.91 Å². The first-order valence-electron chi connectivity index (χ1n) is 5.41. The van der Waals surface area contributed by atoms with Gasteiger partial charge >= 0.3 is 0 Å². The Hall–Kier alpha value is -1.27. The van der Waals surface area contributed by atoms with Gasteiger partial charge in [-0.05, 0) is 45.1 Å². The van der Waals surface area contributed by atoms with Crippen LogP contribution in [0, 0.1) is 11.6 Å². The summed E-state index contributed by atoms with van der Waals surface area (Å²) in [6.07, 6.45) is 0. The second kappa shape index (κ2) is 5.79. The fourth-order valence-electron chi connectivity index (χ4n) is 1.64. The van der Waals surface area contributed by atoms with Gasteiger partial charge < -0.3 is 4.90 Å². The van der Waals surface area contributed by atoms with Crippen LogP contribution in [0.25, 0.3) is 0 Å². The smallest absolute Gasteiger partial charge is 0.256 e. The molecule has 1 amide bonds. The van der Waals surface area contributed by atoms with Gasteiger partial charge in [-0.1, -0.05) is 0 Å². The van der Waals surface area contributed by atoms with Crippen molar-refractivity contribution in [3.63, 3.8) is 0 Å². The first kappa shape index (κ1) is 14.1. The van der Waals surface area contributed by atoms with Crippen LogP contribution >= 0.6 is 27.3 Å². The minimum atomic E-state index is -0.844. The third-order valence-corrected chi connectivity index (χ3v) is 4.10. The van der Waals surface area contributed by atoms with Gasteiger partial charge in [0.1, 0.15) is 11.6 Å². The lowest BCUT2D eigenvalue weighted by Gasteiger charge is -2.16. The number of thiophene rings is 1. The van der Waals surface area contributed by atoms with Gasteiger partial charge in [-0.2, -0.15) is 0 Å². The highest BCUT2D eigenvalue weighted by molar-refractivity contribution is 9.11. The van der Waals surface area contributed by atoms with Gasteiger partial charge in [0.15, 0.2) is 0 Å². The van der Waals surface area contributed by atoms with E-state index in [4.69, 9.17) is 0 Å². The highest BCUT2D eigenvalue weighted by atomic mass is 79.9. The molecule has 19 heavy (non-hydrogen) atoms. The Morgan fingerprint density at radius 1 is 1.37 bits per heavy atom. The topological polar surface area (TPSA) is 20.3 Å². The quantitative estimate of drug-likeness (QED) is 0.821. The predicted octanol–water partition coefficient (Wildman–Crippen LogP) is 4.06. The lowest BCUT2D eigenvalue weighted by Crippen LogP contribution is -2.26. The Morgan fingerprint density at radius 3 is 2.68 bits per heavy atom. The van der Waals surface area contributed by atoms with E-state index >= 15 is 0 Å².